The van der Waals surface area contributed by atoms with Crippen molar-refractivity contribution in [1.82, 2.24) is 4.98 Å². The number of pyridine rings is 1. The molecule has 0 saturated heterocycles. The summed E-state index contributed by atoms with van der Waals surface area (Å²) in [5.41, 5.74) is 6.37. The van der Waals surface area contributed by atoms with Gasteiger partial charge in [0.15, 0.2) is 0 Å². The first-order valence-electron chi connectivity index (χ1n) is 4.31. The SMILES string of the molecule is CN(C)c1ccc(NCCN)cn1. The van der Waals surface area contributed by atoms with Crippen molar-refractivity contribution < 1.29 is 0 Å². The molecular weight excluding hydrogens is 164 g/mol. The molecule has 3 N–H and O–H groups in total. The van der Waals surface area contributed by atoms with E-state index in [1.54, 1.807) is 0 Å². The van der Waals surface area contributed by atoms with Crippen LogP contribution in [0.2, 0.25) is 0 Å². The lowest BCUT2D eigenvalue weighted by Gasteiger charge is -2.11. The predicted molar refractivity (Wildman–Crippen MR) is 56.1 cm³/mol. The number of anilines is 2. The van der Waals surface area contributed by atoms with Crippen LogP contribution in [0.25, 0.3) is 0 Å². The van der Waals surface area contributed by atoms with Crippen LogP contribution in [0.4, 0.5) is 11.5 Å². The summed E-state index contributed by atoms with van der Waals surface area (Å²) in [4.78, 5) is 6.22. The fraction of sp³-hybridized carbons (Fsp3) is 0.444. The zero-order valence-electron chi connectivity index (χ0n) is 8.12. The Bertz CT molecular complexity index is 242. The second-order valence-corrected chi connectivity index (χ2v) is 3.01. The molecule has 0 aromatic carbocycles. The molecule has 0 fully saturated rings. The third-order valence-corrected chi connectivity index (χ3v) is 1.68. The third kappa shape index (κ3) is 2.91. The van der Waals surface area contributed by atoms with Gasteiger partial charge < -0.3 is 16.0 Å². The van der Waals surface area contributed by atoms with Crippen LogP contribution in [-0.2, 0) is 0 Å². The van der Waals surface area contributed by atoms with Crippen LogP contribution in [0.3, 0.4) is 0 Å². The van der Waals surface area contributed by atoms with Crippen LogP contribution >= 0.6 is 0 Å². The molecule has 4 nitrogen and oxygen atoms in total. The monoisotopic (exact) mass is 180 g/mol. The molecule has 0 radical (unpaired) electrons. The smallest absolute Gasteiger partial charge is 0.128 e. The molecule has 0 atom stereocenters. The predicted octanol–water partition coefficient (Wildman–Crippen LogP) is 0.518. The van der Waals surface area contributed by atoms with Gasteiger partial charge in [-0.1, -0.05) is 0 Å². The van der Waals surface area contributed by atoms with Gasteiger partial charge in [0.2, 0.25) is 0 Å². The molecule has 1 rings (SSSR count). The zero-order valence-corrected chi connectivity index (χ0v) is 8.12. The van der Waals surface area contributed by atoms with Gasteiger partial charge >= 0.3 is 0 Å². The van der Waals surface area contributed by atoms with Gasteiger partial charge in [0, 0.05) is 27.2 Å². The molecule has 0 aliphatic carbocycles. The van der Waals surface area contributed by atoms with E-state index in [2.05, 4.69) is 10.3 Å². The van der Waals surface area contributed by atoms with Gasteiger partial charge in [-0.15, -0.1) is 0 Å². The lowest BCUT2D eigenvalue weighted by atomic mass is 10.4. The number of rotatable bonds is 4. The highest BCUT2D eigenvalue weighted by Gasteiger charge is 1.95. The molecular formula is C9H16N4. The largest absolute Gasteiger partial charge is 0.383 e. The summed E-state index contributed by atoms with van der Waals surface area (Å²) in [7, 11) is 3.94. The lowest BCUT2D eigenvalue weighted by Crippen LogP contribution is -2.14. The van der Waals surface area contributed by atoms with Gasteiger partial charge in [-0.3, -0.25) is 0 Å². The van der Waals surface area contributed by atoms with E-state index in [9.17, 15) is 0 Å². The topological polar surface area (TPSA) is 54.2 Å². The van der Waals surface area contributed by atoms with Gasteiger partial charge in [-0.25, -0.2) is 4.98 Å². The standard InChI is InChI=1S/C9H16N4/c1-13(2)9-4-3-8(7-12-9)11-6-5-10/h3-4,7,11H,5-6,10H2,1-2H3. The number of hydrogen-bond donors (Lipinski definition) is 2. The first-order chi connectivity index (χ1) is 6.24. The van der Waals surface area contributed by atoms with E-state index in [0.29, 0.717) is 6.54 Å². The van der Waals surface area contributed by atoms with Crippen LogP contribution in [0.5, 0.6) is 0 Å². The molecule has 0 spiro atoms. The maximum absolute atomic E-state index is 5.36. The molecule has 0 bridgehead atoms. The van der Waals surface area contributed by atoms with Crippen molar-refractivity contribution >= 4 is 11.5 Å². The normalized spacial score (nSPS) is 9.77. The number of nitrogens with one attached hydrogen (secondary N) is 1. The van der Waals surface area contributed by atoms with Gasteiger partial charge in [0.25, 0.3) is 0 Å². The maximum atomic E-state index is 5.36. The molecule has 1 aromatic heterocycles. The molecule has 1 heterocycles. The quantitative estimate of drug-likeness (QED) is 0.709. The van der Waals surface area contributed by atoms with Gasteiger partial charge in [0.05, 0.1) is 11.9 Å². The Kier molecular flexibility index (Phi) is 3.52. The van der Waals surface area contributed by atoms with Crippen molar-refractivity contribution in [2.45, 2.75) is 0 Å². The molecule has 13 heavy (non-hydrogen) atoms. The average Bonchev–Trinajstić information content (AvgIpc) is 2.15. The summed E-state index contributed by atoms with van der Waals surface area (Å²) < 4.78 is 0. The van der Waals surface area contributed by atoms with Crippen molar-refractivity contribution in [3.63, 3.8) is 0 Å². The number of hydrogen-bond acceptors (Lipinski definition) is 4. The van der Waals surface area contributed by atoms with E-state index in [1.807, 2.05) is 37.3 Å². The van der Waals surface area contributed by atoms with Crippen molar-refractivity contribution in [3.05, 3.63) is 18.3 Å². The van der Waals surface area contributed by atoms with Gasteiger partial charge in [0.1, 0.15) is 5.82 Å². The Morgan fingerprint density at radius 3 is 2.69 bits per heavy atom. The van der Waals surface area contributed by atoms with Crippen molar-refractivity contribution in [2.24, 2.45) is 5.73 Å². The summed E-state index contributed by atoms with van der Waals surface area (Å²) in [6.07, 6.45) is 1.81. The molecule has 4 heteroatoms. The highest BCUT2D eigenvalue weighted by molar-refractivity contribution is 5.47. The minimum absolute atomic E-state index is 0.634. The number of nitrogens with zero attached hydrogens (tertiary/aromatic N) is 2. The fourth-order valence-corrected chi connectivity index (χ4v) is 0.972. The first-order valence-corrected chi connectivity index (χ1v) is 4.31. The minimum Gasteiger partial charge on any atom is -0.383 e. The maximum Gasteiger partial charge on any atom is 0.128 e. The molecule has 0 amide bonds. The summed E-state index contributed by atoms with van der Waals surface area (Å²) >= 11 is 0. The summed E-state index contributed by atoms with van der Waals surface area (Å²) in [5, 5.41) is 3.15. The Morgan fingerprint density at radius 2 is 2.23 bits per heavy atom. The number of aromatic nitrogens is 1. The van der Waals surface area contributed by atoms with E-state index in [0.717, 1.165) is 18.1 Å². The Morgan fingerprint density at radius 1 is 1.46 bits per heavy atom. The molecule has 0 saturated carbocycles. The van der Waals surface area contributed by atoms with E-state index < -0.39 is 0 Å². The summed E-state index contributed by atoms with van der Waals surface area (Å²) in [6, 6.07) is 3.97. The fourth-order valence-electron chi connectivity index (χ4n) is 0.972. The van der Waals surface area contributed by atoms with Crippen molar-refractivity contribution in [2.75, 3.05) is 37.4 Å². The van der Waals surface area contributed by atoms with Gasteiger partial charge in [-0.05, 0) is 12.1 Å². The third-order valence-electron chi connectivity index (χ3n) is 1.68. The Labute approximate surface area is 78.8 Å². The summed E-state index contributed by atoms with van der Waals surface area (Å²) in [5.74, 6) is 0.957. The van der Waals surface area contributed by atoms with Crippen LogP contribution in [0, 0.1) is 0 Å². The van der Waals surface area contributed by atoms with E-state index in [4.69, 9.17) is 5.73 Å². The second-order valence-electron chi connectivity index (χ2n) is 3.01. The lowest BCUT2D eigenvalue weighted by molar-refractivity contribution is 1.02. The van der Waals surface area contributed by atoms with Crippen LogP contribution in [0.15, 0.2) is 18.3 Å². The molecule has 72 valence electrons. The molecule has 1 aromatic rings. The minimum atomic E-state index is 0.634. The first kappa shape index (κ1) is 9.80. The molecule has 0 unspecified atom stereocenters. The second kappa shape index (κ2) is 4.67. The van der Waals surface area contributed by atoms with Crippen LogP contribution in [0.1, 0.15) is 0 Å². The molecule has 0 aliphatic rings. The zero-order chi connectivity index (χ0) is 9.68. The molecule has 0 aliphatic heterocycles. The number of nitrogens with two attached hydrogens (primary N) is 1. The Hall–Kier alpha value is -1.29. The van der Waals surface area contributed by atoms with Crippen LogP contribution < -0.4 is 16.0 Å². The Balaban J connectivity index is 2.59. The highest BCUT2D eigenvalue weighted by atomic mass is 15.1. The van der Waals surface area contributed by atoms with E-state index in [1.165, 1.54) is 0 Å². The van der Waals surface area contributed by atoms with Crippen molar-refractivity contribution in [3.8, 4) is 0 Å². The average molecular weight is 180 g/mol. The van der Waals surface area contributed by atoms with E-state index >= 15 is 0 Å². The highest BCUT2D eigenvalue weighted by Crippen LogP contribution is 2.10. The van der Waals surface area contributed by atoms with Gasteiger partial charge in [-0.2, -0.15) is 0 Å². The van der Waals surface area contributed by atoms with Crippen LogP contribution in [-0.4, -0.2) is 32.2 Å². The summed E-state index contributed by atoms with van der Waals surface area (Å²) in [6.45, 7) is 1.42. The van der Waals surface area contributed by atoms with E-state index in [-0.39, 0.29) is 0 Å². The van der Waals surface area contributed by atoms with Crippen molar-refractivity contribution in [1.29, 1.82) is 0 Å².